The van der Waals surface area contributed by atoms with Crippen LogP contribution in [0, 0.1) is 0 Å². The lowest BCUT2D eigenvalue weighted by molar-refractivity contribution is -0.167. The molecule has 0 spiro atoms. The molecule has 0 saturated heterocycles. The van der Waals surface area contributed by atoms with Crippen LogP contribution >= 0.6 is 0 Å². The predicted molar refractivity (Wildman–Crippen MR) is 247 cm³/mol. The molecule has 0 N–H and O–H groups in total. The summed E-state index contributed by atoms with van der Waals surface area (Å²) in [7, 11) is 0. The zero-order valence-electron chi connectivity index (χ0n) is 37.5. The number of carbonyl (C=O) groups is 3. The molecule has 0 aliphatic rings. The first-order valence-electron chi connectivity index (χ1n) is 23.6. The van der Waals surface area contributed by atoms with E-state index in [1.165, 1.54) is 51.4 Å². The molecule has 58 heavy (non-hydrogen) atoms. The zero-order chi connectivity index (χ0) is 42.3. The normalized spacial score (nSPS) is 12.8. The number of hydrogen-bond donors (Lipinski definition) is 0. The highest BCUT2D eigenvalue weighted by Gasteiger charge is 2.19. The van der Waals surface area contributed by atoms with E-state index in [-0.39, 0.29) is 37.5 Å². The van der Waals surface area contributed by atoms with Crippen molar-refractivity contribution < 1.29 is 28.6 Å². The SMILES string of the molecule is CC/C=C\C/C=C\C/C=C\C/C=C\C/C=C\CCCC(=O)OCC(COC(=O)CCCCCCCCCCCCC)OC(=O)CCCCCCC/C=C\C/C=C\CC. The van der Waals surface area contributed by atoms with Crippen LogP contribution in [0.3, 0.4) is 0 Å². The molecule has 0 bridgehead atoms. The van der Waals surface area contributed by atoms with E-state index in [4.69, 9.17) is 14.2 Å². The number of rotatable bonds is 41. The first kappa shape index (κ1) is 54.6. The van der Waals surface area contributed by atoms with E-state index in [0.29, 0.717) is 19.3 Å². The molecule has 1 atom stereocenters. The highest BCUT2D eigenvalue weighted by Crippen LogP contribution is 2.13. The number of hydrogen-bond acceptors (Lipinski definition) is 6. The summed E-state index contributed by atoms with van der Waals surface area (Å²) in [6, 6.07) is 0. The smallest absolute Gasteiger partial charge is 0.306 e. The van der Waals surface area contributed by atoms with E-state index in [1.807, 2.05) is 0 Å². The molecule has 0 aliphatic heterocycles. The monoisotopic (exact) mass is 807 g/mol. The first-order chi connectivity index (χ1) is 28.5. The Morgan fingerprint density at radius 2 is 0.690 bits per heavy atom. The number of allylic oxidation sites excluding steroid dienone is 14. The van der Waals surface area contributed by atoms with Crippen LogP contribution in [0.1, 0.15) is 207 Å². The summed E-state index contributed by atoms with van der Waals surface area (Å²) in [5, 5.41) is 0. The van der Waals surface area contributed by atoms with Gasteiger partial charge in [0.2, 0.25) is 0 Å². The second kappa shape index (κ2) is 46.3. The lowest BCUT2D eigenvalue weighted by Gasteiger charge is -2.18. The fourth-order valence-corrected chi connectivity index (χ4v) is 6.16. The second-order valence-electron chi connectivity index (χ2n) is 15.3. The van der Waals surface area contributed by atoms with Crippen LogP contribution in [-0.4, -0.2) is 37.2 Å². The maximum atomic E-state index is 12.7. The maximum absolute atomic E-state index is 12.7. The summed E-state index contributed by atoms with van der Waals surface area (Å²) in [5.74, 6) is -0.982. The quantitative estimate of drug-likeness (QED) is 0.0265. The van der Waals surface area contributed by atoms with E-state index >= 15 is 0 Å². The van der Waals surface area contributed by atoms with Gasteiger partial charge < -0.3 is 14.2 Å². The number of ether oxygens (including phenoxy) is 3. The van der Waals surface area contributed by atoms with E-state index in [0.717, 1.165) is 109 Å². The lowest BCUT2D eigenvalue weighted by Crippen LogP contribution is -2.30. The molecule has 6 nitrogen and oxygen atoms in total. The molecule has 0 aromatic carbocycles. The maximum Gasteiger partial charge on any atom is 0.306 e. The summed E-state index contributed by atoms with van der Waals surface area (Å²) >= 11 is 0. The van der Waals surface area contributed by atoms with Crippen LogP contribution in [0.5, 0.6) is 0 Å². The Balaban J connectivity index is 4.48. The Hall–Kier alpha value is -3.41. The third-order valence-electron chi connectivity index (χ3n) is 9.65. The van der Waals surface area contributed by atoms with Gasteiger partial charge in [-0.05, 0) is 83.5 Å². The van der Waals surface area contributed by atoms with Crippen LogP contribution in [0.15, 0.2) is 85.1 Å². The third kappa shape index (κ3) is 43.7. The molecule has 0 rings (SSSR count). The van der Waals surface area contributed by atoms with Crippen molar-refractivity contribution in [1.82, 2.24) is 0 Å². The molecule has 1 unspecified atom stereocenters. The van der Waals surface area contributed by atoms with Gasteiger partial charge in [-0.3, -0.25) is 14.4 Å². The minimum Gasteiger partial charge on any atom is -0.462 e. The minimum absolute atomic E-state index is 0.0995. The Bertz CT molecular complexity index is 1160. The van der Waals surface area contributed by atoms with E-state index in [2.05, 4.69) is 106 Å². The zero-order valence-corrected chi connectivity index (χ0v) is 37.5. The average Bonchev–Trinajstić information content (AvgIpc) is 3.22. The summed E-state index contributed by atoms with van der Waals surface area (Å²) in [5.41, 5.74) is 0. The topological polar surface area (TPSA) is 78.9 Å². The van der Waals surface area contributed by atoms with Crippen LogP contribution in [-0.2, 0) is 28.6 Å². The van der Waals surface area contributed by atoms with Gasteiger partial charge in [0.25, 0.3) is 0 Å². The fourth-order valence-electron chi connectivity index (χ4n) is 6.16. The van der Waals surface area contributed by atoms with Crippen molar-refractivity contribution in [2.45, 2.75) is 213 Å². The van der Waals surface area contributed by atoms with Crippen molar-refractivity contribution in [3.8, 4) is 0 Å². The van der Waals surface area contributed by atoms with Crippen molar-refractivity contribution in [3.63, 3.8) is 0 Å². The average molecular weight is 807 g/mol. The van der Waals surface area contributed by atoms with Crippen molar-refractivity contribution in [2.75, 3.05) is 13.2 Å². The largest absolute Gasteiger partial charge is 0.462 e. The van der Waals surface area contributed by atoms with Crippen LogP contribution in [0.25, 0.3) is 0 Å². The molecule has 0 fully saturated rings. The fraction of sp³-hybridized carbons (Fsp3) is 0.673. The minimum atomic E-state index is -0.803. The molecule has 330 valence electrons. The van der Waals surface area contributed by atoms with Gasteiger partial charge in [-0.15, -0.1) is 0 Å². The van der Waals surface area contributed by atoms with Gasteiger partial charge >= 0.3 is 17.9 Å². The van der Waals surface area contributed by atoms with Gasteiger partial charge in [-0.1, -0.05) is 189 Å². The van der Waals surface area contributed by atoms with Crippen LogP contribution < -0.4 is 0 Å². The highest BCUT2D eigenvalue weighted by atomic mass is 16.6. The summed E-state index contributed by atoms with van der Waals surface area (Å²) in [6.07, 6.45) is 58.6. The number of carbonyl (C=O) groups excluding carboxylic acids is 3. The summed E-state index contributed by atoms with van der Waals surface area (Å²) in [4.78, 5) is 37.8. The molecular weight excluding hydrogens is 721 g/mol. The van der Waals surface area contributed by atoms with E-state index in [9.17, 15) is 14.4 Å². The van der Waals surface area contributed by atoms with Crippen LogP contribution in [0.2, 0.25) is 0 Å². The van der Waals surface area contributed by atoms with E-state index in [1.54, 1.807) is 0 Å². The molecule has 0 aromatic heterocycles. The first-order valence-corrected chi connectivity index (χ1v) is 23.6. The molecule has 0 aliphatic carbocycles. The van der Waals surface area contributed by atoms with Crippen LogP contribution in [0.4, 0.5) is 0 Å². The van der Waals surface area contributed by atoms with Gasteiger partial charge in [0, 0.05) is 19.3 Å². The molecule has 0 heterocycles. The lowest BCUT2D eigenvalue weighted by atomic mass is 10.1. The van der Waals surface area contributed by atoms with Crippen molar-refractivity contribution in [1.29, 1.82) is 0 Å². The van der Waals surface area contributed by atoms with Gasteiger partial charge in [-0.2, -0.15) is 0 Å². The van der Waals surface area contributed by atoms with Gasteiger partial charge in [0.15, 0.2) is 6.10 Å². The molecule has 0 amide bonds. The van der Waals surface area contributed by atoms with Gasteiger partial charge in [0.1, 0.15) is 13.2 Å². The van der Waals surface area contributed by atoms with Crippen molar-refractivity contribution in [3.05, 3.63) is 85.1 Å². The molecule has 0 radical (unpaired) electrons. The van der Waals surface area contributed by atoms with Crippen molar-refractivity contribution in [2.24, 2.45) is 0 Å². The summed E-state index contributed by atoms with van der Waals surface area (Å²) in [6.45, 7) is 6.33. The Labute approximate surface area is 356 Å². The Morgan fingerprint density at radius 1 is 0.362 bits per heavy atom. The number of esters is 3. The molecule has 0 aromatic rings. The number of unbranched alkanes of at least 4 members (excludes halogenated alkanes) is 16. The van der Waals surface area contributed by atoms with Crippen molar-refractivity contribution >= 4 is 17.9 Å². The highest BCUT2D eigenvalue weighted by molar-refractivity contribution is 5.71. The van der Waals surface area contributed by atoms with Gasteiger partial charge in [0.05, 0.1) is 0 Å². The molecule has 6 heteroatoms. The molecule has 0 saturated carbocycles. The second-order valence-corrected chi connectivity index (χ2v) is 15.3. The standard InChI is InChI=1S/C52H86O6/c1-4-7-10-13-16-19-22-24-25-26-27-28-31-33-36-39-42-45-51(54)57-48-49(47-56-50(53)44-41-38-35-32-29-21-18-15-12-9-6-3)58-52(55)46-43-40-37-34-30-23-20-17-14-11-8-5-2/h7-8,10-11,16-17,19-20,24-25,27-28,33,36,49H,4-6,9,12-15,18,21-23,26,29-32,34-35,37-48H2,1-3H3/b10-7-,11-8-,19-16-,20-17-,25-24-,28-27-,36-33-. The Kier molecular flexibility index (Phi) is 43.6. The third-order valence-corrected chi connectivity index (χ3v) is 9.65. The molecular formula is C52H86O6. The van der Waals surface area contributed by atoms with E-state index < -0.39 is 6.10 Å². The predicted octanol–water partition coefficient (Wildman–Crippen LogP) is 15.3. The Morgan fingerprint density at radius 3 is 1.12 bits per heavy atom. The van der Waals surface area contributed by atoms with Gasteiger partial charge in [-0.25, -0.2) is 0 Å². The summed E-state index contributed by atoms with van der Waals surface area (Å²) < 4.78 is 16.7.